The first-order chi connectivity index (χ1) is 9.06. The van der Waals surface area contributed by atoms with Crippen LogP contribution in [-0.4, -0.2) is 22.1 Å². The van der Waals surface area contributed by atoms with Gasteiger partial charge in [-0.15, -0.1) is 0 Å². The molecule has 0 bridgehead atoms. The van der Waals surface area contributed by atoms with Crippen molar-refractivity contribution < 1.29 is 9.90 Å². The van der Waals surface area contributed by atoms with E-state index < -0.39 is 12.0 Å². The zero-order valence-electron chi connectivity index (χ0n) is 11.3. The number of carboxylic acid groups (broad SMARTS) is 1. The summed E-state index contributed by atoms with van der Waals surface area (Å²) in [6, 6.07) is 7.64. The Labute approximate surface area is 112 Å². The molecule has 102 valence electrons. The van der Waals surface area contributed by atoms with Gasteiger partial charge in [-0.1, -0.05) is 19.9 Å². The third-order valence-corrected chi connectivity index (χ3v) is 3.18. The number of nitrogens with one attached hydrogen (secondary N) is 2. The van der Waals surface area contributed by atoms with Gasteiger partial charge in [-0.25, -0.2) is 0 Å². The van der Waals surface area contributed by atoms with Crippen molar-refractivity contribution in [1.29, 1.82) is 0 Å². The van der Waals surface area contributed by atoms with Crippen molar-refractivity contribution in [3.63, 3.8) is 0 Å². The maximum absolute atomic E-state index is 11.2. The third-order valence-electron chi connectivity index (χ3n) is 3.18. The predicted molar refractivity (Wildman–Crippen MR) is 76.0 cm³/mol. The van der Waals surface area contributed by atoms with E-state index in [9.17, 15) is 9.90 Å². The lowest BCUT2D eigenvalue weighted by molar-refractivity contribution is -0.140. The molecule has 0 aliphatic heterocycles. The van der Waals surface area contributed by atoms with E-state index >= 15 is 0 Å². The van der Waals surface area contributed by atoms with E-state index in [1.165, 1.54) is 0 Å². The molecule has 1 aromatic heterocycles. The Bertz CT molecular complexity index is 560. The average molecular weight is 260 g/mol. The molecule has 0 radical (unpaired) electrons. The highest BCUT2D eigenvalue weighted by Gasteiger charge is 2.17. The zero-order valence-corrected chi connectivity index (χ0v) is 11.3. The number of aromatic nitrogens is 1. The first-order valence-electron chi connectivity index (χ1n) is 6.58. The summed E-state index contributed by atoms with van der Waals surface area (Å²) in [5, 5.41) is 13.4. The van der Waals surface area contributed by atoms with Gasteiger partial charge in [0.25, 0.3) is 0 Å². The van der Waals surface area contributed by atoms with Gasteiger partial charge in [-0.2, -0.15) is 0 Å². The van der Waals surface area contributed by atoms with Crippen LogP contribution in [0, 0.1) is 5.92 Å². The molecule has 0 saturated carbocycles. The lowest BCUT2D eigenvalue weighted by Gasteiger charge is -2.16. The summed E-state index contributed by atoms with van der Waals surface area (Å²) in [7, 11) is 0. The Hall–Kier alpha value is -1.81. The number of carbonyl (C=O) groups is 1. The minimum absolute atomic E-state index is 0.362. The number of aromatic amines is 1. The monoisotopic (exact) mass is 260 g/mol. The largest absolute Gasteiger partial charge is 0.480 e. The van der Waals surface area contributed by atoms with Crippen molar-refractivity contribution in [3.05, 3.63) is 36.0 Å². The summed E-state index contributed by atoms with van der Waals surface area (Å²) >= 11 is 0. The Morgan fingerprint density at radius 2 is 2.16 bits per heavy atom. The molecule has 4 heteroatoms. The molecule has 3 N–H and O–H groups in total. The van der Waals surface area contributed by atoms with E-state index in [2.05, 4.69) is 16.4 Å². The smallest absolute Gasteiger partial charge is 0.320 e. The fraction of sp³-hybridized carbons (Fsp3) is 0.400. The summed E-state index contributed by atoms with van der Waals surface area (Å²) in [5.74, 6) is -0.419. The molecule has 1 unspecified atom stereocenters. The molecule has 0 fully saturated rings. The molecule has 0 aliphatic carbocycles. The minimum Gasteiger partial charge on any atom is -0.480 e. The van der Waals surface area contributed by atoms with Crippen LogP contribution in [0.2, 0.25) is 0 Å². The Kier molecular flexibility index (Phi) is 4.22. The number of hydrogen-bond donors (Lipinski definition) is 3. The SMILES string of the molecule is CC(C)CC(NCc1ccc2[nH]ccc2c1)C(=O)O. The molecule has 1 atom stereocenters. The second-order valence-corrected chi connectivity index (χ2v) is 5.30. The molecule has 0 saturated heterocycles. The summed E-state index contributed by atoms with van der Waals surface area (Å²) in [4.78, 5) is 14.3. The molecule has 0 aliphatic rings. The van der Waals surface area contributed by atoms with Crippen molar-refractivity contribution in [2.75, 3.05) is 0 Å². The topological polar surface area (TPSA) is 65.1 Å². The van der Waals surface area contributed by atoms with Gasteiger partial charge in [0.1, 0.15) is 6.04 Å². The first kappa shape index (κ1) is 13.6. The fourth-order valence-electron chi connectivity index (χ4n) is 2.20. The van der Waals surface area contributed by atoms with E-state index in [-0.39, 0.29) is 0 Å². The van der Waals surface area contributed by atoms with Crippen LogP contribution >= 0.6 is 0 Å². The van der Waals surface area contributed by atoms with Crippen LogP contribution in [0.1, 0.15) is 25.8 Å². The van der Waals surface area contributed by atoms with E-state index in [0.717, 1.165) is 16.5 Å². The summed E-state index contributed by atoms with van der Waals surface area (Å²) in [5.41, 5.74) is 2.20. The molecule has 0 spiro atoms. The van der Waals surface area contributed by atoms with Crippen molar-refractivity contribution in [1.82, 2.24) is 10.3 Å². The van der Waals surface area contributed by atoms with Gasteiger partial charge in [-0.3, -0.25) is 4.79 Å². The Balaban J connectivity index is 2.01. The van der Waals surface area contributed by atoms with Crippen molar-refractivity contribution >= 4 is 16.9 Å². The van der Waals surface area contributed by atoms with Crippen LogP contribution < -0.4 is 5.32 Å². The fourth-order valence-corrected chi connectivity index (χ4v) is 2.20. The normalized spacial score (nSPS) is 13.0. The molecular weight excluding hydrogens is 240 g/mol. The average Bonchev–Trinajstić information content (AvgIpc) is 2.80. The molecule has 0 amide bonds. The van der Waals surface area contributed by atoms with Crippen LogP contribution in [0.5, 0.6) is 0 Å². The number of H-pyrrole nitrogens is 1. The van der Waals surface area contributed by atoms with E-state index in [1.807, 2.05) is 38.2 Å². The number of hydrogen-bond acceptors (Lipinski definition) is 2. The van der Waals surface area contributed by atoms with Crippen LogP contribution in [-0.2, 0) is 11.3 Å². The lowest BCUT2D eigenvalue weighted by atomic mass is 10.0. The standard InChI is InChI=1S/C15H20N2O2/c1-10(2)7-14(15(18)19)17-9-11-3-4-13-12(8-11)5-6-16-13/h3-6,8,10,14,16-17H,7,9H2,1-2H3,(H,18,19). The lowest BCUT2D eigenvalue weighted by Crippen LogP contribution is -2.37. The van der Waals surface area contributed by atoms with E-state index in [4.69, 9.17) is 0 Å². The first-order valence-corrected chi connectivity index (χ1v) is 6.58. The van der Waals surface area contributed by atoms with E-state index in [1.54, 1.807) is 0 Å². The van der Waals surface area contributed by atoms with Crippen LogP contribution in [0.15, 0.2) is 30.5 Å². The highest BCUT2D eigenvalue weighted by Crippen LogP contribution is 2.14. The summed E-state index contributed by atoms with van der Waals surface area (Å²) in [6.45, 7) is 4.64. The predicted octanol–water partition coefficient (Wildman–Crippen LogP) is 2.76. The molecule has 1 heterocycles. The number of rotatable bonds is 6. The molecule has 1 aromatic carbocycles. The highest BCUT2D eigenvalue weighted by atomic mass is 16.4. The van der Waals surface area contributed by atoms with Crippen LogP contribution in [0.25, 0.3) is 10.9 Å². The minimum atomic E-state index is -0.781. The maximum Gasteiger partial charge on any atom is 0.320 e. The van der Waals surface area contributed by atoms with Gasteiger partial charge in [0.05, 0.1) is 0 Å². The zero-order chi connectivity index (χ0) is 13.8. The highest BCUT2D eigenvalue weighted by molar-refractivity contribution is 5.80. The number of aliphatic carboxylic acids is 1. The molecule has 19 heavy (non-hydrogen) atoms. The van der Waals surface area contributed by atoms with Crippen molar-refractivity contribution in [2.45, 2.75) is 32.9 Å². The van der Waals surface area contributed by atoms with Crippen LogP contribution in [0.3, 0.4) is 0 Å². The van der Waals surface area contributed by atoms with Gasteiger partial charge in [-0.05, 0) is 41.5 Å². The molecular formula is C15H20N2O2. The molecule has 2 aromatic rings. The van der Waals surface area contributed by atoms with Gasteiger partial charge in [0.2, 0.25) is 0 Å². The molecule has 4 nitrogen and oxygen atoms in total. The van der Waals surface area contributed by atoms with Gasteiger partial charge in [0.15, 0.2) is 0 Å². The summed E-state index contributed by atoms with van der Waals surface area (Å²) < 4.78 is 0. The number of carboxylic acids is 1. The molecule has 2 rings (SSSR count). The number of benzene rings is 1. The number of fused-ring (bicyclic) bond motifs is 1. The van der Waals surface area contributed by atoms with Gasteiger partial charge >= 0.3 is 5.97 Å². The van der Waals surface area contributed by atoms with Crippen LogP contribution in [0.4, 0.5) is 0 Å². The second-order valence-electron chi connectivity index (χ2n) is 5.30. The van der Waals surface area contributed by atoms with Crippen molar-refractivity contribution in [2.24, 2.45) is 5.92 Å². The maximum atomic E-state index is 11.2. The van der Waals surface area contributed by atoms with Crippen molar-refractivity contribution in [3.8, 4) is 0 Å². The second kappa shape index (κ2) is 5.89. The third kappa shape index (κ3) is 3.58. The Morgan fingerprint density at radius 1 is 1.37 bits per heavy atom. The quantitative estimate of drug-likeness (QED) is 0.748. The van der Waals surface area contributed by atoms with E-state index in [0.29, 0.717) is 18.9 Å². The Morgan fingerprint density at radius 3 is 2.84 bits per heavy atom. The van der Waals surface area contributed by atoms with Gasteiger partial charge in [0, 0.05) is 18.3 Å². The van der Waals surface area contributed by atoms with Gasteiger partial charge < -0.3 is 15.4 Å². The summed E-state index contributed by atoms with van der Waals surface area (Å²) in [6.07, 6.45) is 2.54.